The monoisotopic (exact) mass is 265 g/mol. The van der Waals surface area contributed by atoms with Gasteiger partial charge in [0, 0.05) is 30.7 Å². The van der Waals surface area contributed by atoms with E-state index in [0.29, 0.717) is 12.5 Å². The highest BCUT2D eigenvalue weighted by molar-refractivity contribution is 5.52. The van der Waals surface area contributed by atoms with Crippen molar-refractivity contribution in [3.8, 4) is 11.5 Å². The zero-order valence-corrected chi connectivity index (χ0v) is 12.0. The highest BCUT2D eigenvalue weighted by Gasteiger charge is 2.24. The Morgan fingerprint density at radius 3 is 2.63 bits per heavy atom. The van der Waals surface area contributed by atoms with Crippen molar-refractivity contribution in [2.24, 2.45) is 0 Å². The lowest BCUT2D eigenvalue weighted by Gasteiger charge is -2.27. The summed E-state index contributed by atoms with van der Waals surface area (Å²) >= 11 is 0. The van der Waals surface area contributed by atoms with Gasteiger partial charge in [-0.15, -0.1) is 0 Å². The van der Waals surface area contributed by atoms with Crippen molar-refractivity contribution in [2.75, 3.05) is 34.4 Å². The molecule has 2 rings (SSSR count). The van der Waals surface area contributed by atoms with Crippen LogP contribution in [0.15, 0.2) is 12.1 Å². The molecule has 0 bridgehead atoms. The smallest absolute Gasteiger partial charge is 0.131 e. The lowest BCUT2D eigenvalue weighted by molar-refractivity contribution is 0.181. The van der Waals surface area contributed by atoms with Crippen molar-refractivity contribution in [3.63, 3.8) is 0 Å². The molecule has 0 aromatic heterocycles. The van der Waals surface area contributed by atoms with Crippen LogP contribution in [-0.4, -0.2) is 34.4 Å². The molecule has 1 aliphatic heterocycles. The van der Waals surface area contributed by atoms with Crippen LogP contribution in [0.3, 0.4) is 0 Å². The molecule has 1 aliphatic rings. The largest absolute Gasteiger partial charge is 0.496 e. The first-order valence-electron chi connectivity index (χ1n) is 6.75. The van der Waals surface area contributed by atoms with Gasteiger partial charge in [-0.3, -0.25) is 0 Å². The minimum absolute atomic E-state index is 0.440. The summed E-state index contributed by atoms with van der Waals surface area (Å²) in [4.78, 5) is 0. The van der Waals surface area contributed by atoms with Gasteiger partial charge in [0.15, 0.2) is 0 Å². The number of nitrogens with one attached hydrogen (secondary N) is 1. The van der Waals surface area contributed by atoms with E-state index < -0.39 is 0 Å². The van der Waals surface area contributed by atoms with E-state index in [1.807, 2.05) is 12.1 Å². The molecule has 1 saturated heterocycles. The molecular formula is C15H23NO3. The first-order valence-corrected chi connectivity index (χ1v) is 6.75. The third-order valence-corrected chi connectivity index (χ3v) is 3.67. The summed E-state index contributed by atoms with van der Waals surface area (Å²) in [6.07, 6.45) is 2.35. The maximum Gasteiger partial charge on any atom is 0.131 e. The van der Waals surface area contributed by atoms with Crippen LogP contribution in [0.2, 0.25) is 0 Å². The molecule has 1 aromatic carbocycles. The Bertz CT molecular complexity index is 414. The molecule has 1 unspecified atom stereocenters. The molecule has 4 nitrogen and oxygen atoms in total. The van der Waals surface area contributed by atoms with Crippen LogP contribution in [0.4, 0.5) is 0 Å². The van der Waals surface area contributed by atoms with Gasteiger partial charge >= 0.3 is 0 Å². The second-order valence-electron chi connectivity index (χ2n) is 4.85. The van der Waals surface area contributed by atoms with Gasteiger partial charge < -0.3 is 19.5 Å². The van der Waals surface area contributed by atoms with Gasteiger partial charge in [-0.25, -0.2) is 0 Å². The zero-order chi connectivity index (χ0) is 13.7. The Hall–Kier alpha value is -1.26. The molecule has 0 radical (unpaired) electrons. The topological polar surface area (TPSA) is 39.7 Å². The van der Waals surface area contributed by atoms with E-state index in [-0.39, 0.29) is 0 Å². The van der Waals surface area contributed by atoms with Gasteiger partial charge in [0.25, 0.3) is 0 Å². The van der Waals surface area contributed by atoms with Crippen LogP contribution in [0, 0.1) is 0 Å². The zero-order valence-electron chi connectivity index (χ0n) is 12.0. The Labute approximate surface area is 115 Å². The maximum absolute atomic E-state index is 5.64. The fraction of sp³-hybridized carbons (Fsp3) is 0.600. The second kappa shape index (κ2) is 6.78. The first-order chi connectivity index (χ1) is 9.31. The predicted molar refractivity (Wildman–Crippen MR) is 75.1 cm³/mol. The summed E-state index contributed by atoms with van der Waals surface area (Å²) in [6, 6.07) is 4.03. The van der Waals surface area contributed by atoms with Gasteiger partial charge in [-0.1, -0.05) is 0 Å². The van der Waals surface area contributed by atoms with Crippen molar-refractivity contribution >= 4 is 0 Å². The fourth-order valence-corrected chi connectivity index (χ4v) is 2.80. The average Bonchev–Trinajstić information content (AvgIpc) is 2.48. The van der Waals surface area contributed by atoms with E-state index in [4.69, 9.17) is 14.2 Å². The Balaban J connectivity index is 2.43. The predicted octanol–water partition coefficient (Wildman–Crippen LogP) is 2.32. The van der Waals surface area contributed by atoms with Gasteiger partial charge in [0.05, 0.1) is 20.8 Å². The van der Waals surface area contributed by atoms with Crippen molar-refractivity contribution in [1.82, 2.24) is 5.32 Å². The SMILES string of the molecule is COCc1ccc(OC)c(C2CCCNC2)c1OC. The number of hydrogen-bond acceptors (Lipinski definition) is 4. The molecule has 0 amide bonds. The molecule has 0 spiro atoms. The molecular weight excluding hydrogens is 242 g/mol. The van der Waals surface area contributed by atoms with E-state index in [1.165, 1.54) is 12.0 Å². The van der Waals surface area contributed by atoms with E-state index in [0.717, 1.165) is 36.6 Å². The second-order valence-corrected chi connectivity index (χ2v) is 4.85. The highest BCUT2D eigenvalue weighted by Crippen LogP contribution is 2.40. The summed E-state index contributed by atoms with van der Waals surface area (Å²) in [5.74, 6) is 2.26. The van der Waals surface area contributed by atoms with Crippen LogP contribution >= 0.6 is 0 Å². The normalized spacial score (nSPS) is 19.2. The molecule has 1 aromatic rings. The summed E-state index contributed by atoms with van der Waals surface area (Å²) in [5, 5.41) is 3.45. The number of rotatable bonds is 5. The molecule has 1 heterocycles. The lowest BCUT2D eigenvalue weighted by Crippen LogP contribution is -2.29. The van der Waals surface area contributed by atoms with E-state index in [1.54, 1.807) is 21.3 Å². The van der Waals surface area contributed by atoms with Crippen molar-refractivity contribution in [3.05, 3.63) is 23.3 Å². The average molecular weight is 265 g/mol. The maximum atomic E-state index is 5.64. The van der Waals surface area contributed by atoms with Crippen LogP contribution in [0.5, 0.6) is 11.5 Å². The Morgan fingerprint density at radius 1 is 1.21 bits per heavy atom. The van der Waals surface area contributed by atoms with E-state index in [2.05, 4.69) is 5.32 Å². The first kappa shape index (κ1) is 14.2. The molecule has 0 aliphatic carbocycles. The number of ether oxygens (including phenoxy) is 3. The molecule has 106 valence electrons. The van der Waals surface area contributed by atoms with Crippen LogP contribution in [-0.2, 0) is 11.3 Å². The summed E-state index contributed by atoms with van der Waals surface area (Å²) in [7, 11) is 5.13. The van der Waals surface area contributed by atoms with Crippen molar-refractivity contribution in [1.29, 1.82) is 0 Å². The summed E-state index contributed by atoms with van der Waals surface area (Å²) < 4.78 is 16.4. The highest BCUT2D eigenvalue weighted by atomic mass is 16.5. The summed E-state index contributed by atoms with van der Waals surface area (Å²) in [6.45, 7) is 2.63. The van der Waals surface area contributed by atoms with E-state index in [9.17, 15) is 0 Å². The molecule has 1 fully saturated rings. The van der Waals surface area contributed by atoms with Crippen molar-refractivity contribution < 1.29 is 14.2 Å². The number of methoxy groups -OCH3 is 3. The standard InChI is InChI=1S/C15H23NO3/c1-17-10-12-6-7-13(18-2)14(15(12)19-3)11-5-4-8-16-9-11/h6-7,11,16H,4-5,8-10H2,1-3H3. The van der Waals surface area contributed by atoms with Gasteiger partial charge in [-0.2, -0.15) is 0 Å². The number of benzene rings is 1. The molecule has 1 N–H and O–H groups in total. The quantitative estimate of drug-likeness (QED) is 0.887. The molecule has 1 atom stereocenters. The molecule has 4 heteroatoms. The minimum Gasteiger partial charge on any atom is -0.496 e. The van der Waals surface area contributed by atoms with Gasteiger partial charge in [-0.05, 0) is 31.5 Å². The molecule has 0 saturated carbocycles. The lowest BCUT2D eigenvalue weighted by atomic mass is 9.89. The van der Waals surface area contributed by atoms with Crippen LogP contribution in [0.25, 0.3) is 0 Å². The Kier molecular flexibility index (Phi) is 5.05. The van der Waals surface area contributed by atoms with Crippen LogP contribution in [0.1, 0.15) is 29.9 Å². The number of piperidine rings is 1. The summed E-state index contributed by atoms with van der Waals surface area (Å²) in [5.41, 5.74) is 2.25. The number of hydrogen-bond donors (Lipinski definition) is 1. The molecule has 19 heavy (non-hydrogen) atoms. The van der Waals surface area contributed by atoms with E-state index >= 15 is 0 Å². The third-order valence-electron chi connectivity index (χ3n) is 3.67. The van der Waals surface area contributed by atoms with Crippen LogP contribution < -0.4 is 14.8 Å². The fourth-order valence-electron chi connectivity index (χ4n) is 2.80. The minimum atomic E-state index is 0.440. The third kappa shape index (κ3) is 3.01. The van der Waals surface area contributed by atoms with Crippen molar-refractivity contribution in [2.45, 2.75) is 25.4 Å². The van der Waals surface area contributed by atoms with Gasteiger partial charge in [0.1, 0.15) is 11.5 Å². The van der Waals surface area contributed by atoms with Gasteiger partial charge in [0.2, 0.25) is 0 Å². The Morgan fingerprint density at radius 2 is 2.05 bits per heavy atom.